The minimum Gasteiger partial charge on any atom is -0.218 e. The number of rotatable bonds is 0. The fourth-order valence-electron chi connectivity index (χ4n) is 0.0252. The van der Waals surface area contributed by atoms with Crippen molar-refractivity contribution in [2.75, 3.05) is 0 Å². The summed E-state index contributed by atoms with van der Waals surface area (Å²) in [7, 11) is -1.12. The first-order chi connectivity index (χ1) is 1.89. The lowest BCUT2D eigenvalue weighted by Gasteiger charge is -1.53. The third-order valence-electron chi connectivity index (χ3n) is 0.262. The molecule has 0 N–H and O–H groups in total. The third-order valence-corrected chi connectivity index (χ3v) is 0.785. The van der Waals surface area contributed by atoms with Crippen LogP contribution in [0.1, 0.15) is 0 Å². The van der Waals surface area contributed by atoms with E-state index in [4.69, 9.17) is 0 Å². The van der Waals surface area contributed by atoms with Gasteiger partial charge in [0.25, 0.3) is 0 Å². The van der Waals surface area contributed by atoms with Crippen molar-refractivity contribution in [2.24, 2.45) is 0 Å². The summed E-state index contributed by atoms with van der Waals surface area (Å²) in [5.74, 6) is 3.13. The Bertz CT molecular complexity index is 44.0. The Balaban J connectivity index is 2.32. The lowest BCUT2D eigenvalue weighted by molar-refractivity contribution is 0.923. The molecule has 1 rings (SSSR count). The second-order valence-corrected chi connectivity index (χ2v) is 1.93. The van der Waals surface area contributed by atoms with Crippen molar-refractivity contribution in [2.45, 2.75) is 0 Å². The van der Waals surface area contributed by atoms with E-state index in [2.05, 4.69) is 0 Å². The van der Waals surface area contributed by atoms with Crippen LogP contribution in [-0.2, 0) is 0 Å². The van der Waals surface area contributed by atoms with Gasteiger partial charge in [-0.2, -0.15) is 0 Å². The topological polar surface area (TPSA) is 0 Å². The van der Waals surface area contributed by atoms with Crippen molar-refractivity contribution >= 4 is 8.23 Å². The minimum atomic E-state index is -1.12. The van der Waals surface area contributed by atoms with Gasteiger partial charge in [-0.15, -0.1) is 0 Å². The van der Waals surface area contributed by atoms with Crippen molar-refractivity contribution < 1.29 is 4.20 Å². The Morgan fingerprint density at radius 1 is 1.50 bits per heavy atom. The molecule has 0 spiro atoms. The second kappa shape index (κ2) is 0.526. The normalized spacial score (nSPS) is 22.2. The third kappa shape index (κ3) is 0.264. The van der Waals surface area contributed by atoms with Gasteiger partial charge in [0, 0.05) is 0 Å². The zero-order chi connectivity index (χ0) is 2.99. The van der Waals surface area contributed by atoms with E-state index in [0.717, 1.165) is 0 Å². The average Bonchev–Trinajstić information content (AvgIpc) is 1.75. The molecule has 0 atom stereocenters. The highest BCUT2D eigenvalue weighted by molar-refractivity contribution is 7.66. The molecule has 0 fully saturated rings. The van der Waals surface area contributed by atoms with Crippen LogP contribution in [0.2, 0.25) is 0 Å². The van der Waals surface area contributed by atoms with Gasteiger partial charge < -0.3 is 0 Å². The molecule has 0 aromatic heterocycles. The molecule has 0 unspecified atom stereocenters. The summed E-state index contributed by atoms with van der Waals surface area (Å²) < 4.78 is 11.1. The van der Waals surface area contributed by atoms with E-state index < -0.39 is 8.23 Å². The molecule has 0 amide bonds. The molecular weight excluding hydrogens is 74.0 g/mol. The Labute approximate surface area is 25.2 Å². The van der Waals surface area contributed by atoms with Gasteiger partial charge in [-0.25, -0.2) is 4.20 Å². The van der Waals surface area contributed by atoms with Crippen LogP contribution in [0.4, 0.5) is 4.20 Å². The first-order valence-corrected chi connectivity index (χ1v) is 2.39. The number of hydrogen-bond acceptors (Lipinski definition) is 0. The van der Waals surface area contributed by atoms with E-state index in [-0.39, 0.29) is 0 Å². The van der Waals surface area contributed by atoms with Gasteiger partial charge in [0.1, 0.15) is 8.23 Å². The number of halogens is 1. The first-order valence-electron chi connectivity index (χ1n) is 1.02. The highest BCUT2D eigenvalue weighted by Crippen LogP contribution is 2.53. The summed E-state index contributed by atoms with van der Waals surface area (Å²) in [5.41, 5.74) is 0. The van der Waals surface area contributed by atoms with Crippen molar-refractivity contribution in [3.05, 3.63) is 11.6 Å². The van der Waals surface area contributed by atoms with Gasteiger partial charge in [-0.3, -0.25) is 0 Å². The van der Waals surface area contributed by atoms with Gasteiger partial charge in [0.05, 0.1) is 0 Å². The molecule has 1 aliphatic heterocycles. The van der Waals surface area contributed by atoms with Crippen molar-refractivity contribution in [1.82, 2.24) is 0 Å². The van der Waals surface area contributed by atoms with Gasteiger partial charge in [-0.05, 0) is 11.6 Å². The van der Waals surface area contributed by atoms with E-state index in [1.54, 1.807) is 11.6 Å². The summed E-state index contributed by atoms with van der Waals surface area (Å²) >= 11 is 0. The Morgan fingerprint density at radius 3 is 1.75 bits per heavy atom. The van der Waals surface area contributed by atoms with Gasteiger partial charge >= 0.3 is 0 Å². The van der Waals surface area contributed by atoms with E-state index in [1.807, 2.05) is 0 Å². The molecule has 0 aromatic rings. The smallest absolute Gasteiger partial charge is 0.130 e. The van der Waals surface area contributed by atoms with Crippen molar-refractivity contribution in [1.29, 1.82) is 0 Å². The zero-order valence-corrected chi connectivity index (χ0v) is 2.87. The van der Waals surface area contributed by atoms with Gasteiger partial charge in [-0.1, -0.05) is 0 Å². The van der Waals surface area contributed by atoms with Crippen LogP contribution in [0.15, 0.2) is 11.6 Å². The Morgan fingerprint density at radius 2 is 1.75 bits per heavy atom. The van der Waals surface area contributed by atoms with E-state index >= 15 is 0 Å². The molecule has 2 heteroatoms. The standard InChI is InChI=1S/C2H2FP/c3-4-1-2-4/h1-2H. The maximum Gasteiger partial charge on any atom is 0.130 e. The molecule has 0 aromatic carbocycles. The first kappa shape index (κ1) is 2.34. The lowest BCUT2D eigenvalue weighted by Crippen LogP contribution is -0.960. The monoisotopic (exact) mass is 76.0 g/mol. The Hall–Kier alpha value is 0.100. The maximum absolute atomic E-state index is 11.1. The predicted octanol–water partition coefficient (Wildman–Crippen LogP) is 1.84. The molecule has 4 heavy (non-hydrogen) atoms. The molecular formula is C2H2FP. The molecule has 22 valence electrons. The summed E-state index contributed by atoms with van der Waals surface area (Å²) in [6, 6.07) is 0. The zero-order valence-electron chi connectivity index (χ0n) is 1.98. The molecule has 1 aliphatic rings. The quantitative estimate of drug-likeness (QED) is 0.386. The highest BCUT2D eigenvalue weighted by Gasteiger charge is 2.04. The van der Waals surface area contributed by atoms with Crippen molar-refractivity contribution in [3.63, 3.8) is 0 Å². The highest BCUT2D eigenvalue weighted by atomic mass is 31.2. The second-order valence-electron chi connectivity index (χ2n) is 0.642. The molecule has 0 bridgehead atoms. The lowest BCUT2D eigenvalue weighted by atomic mass is 11.3. The summed E-state index contributed by atoms with van der Waals surface area (Å²) in [4.78, 5) is 0. The van der Waals surface area contributed by atoms with Crippen LogP contribution in [0.3, 0.4) is 0 Å². The van der Waals surface area contributed by atoms with Crippen LogP contribution in [-0.4, -0.2) is 0 Å². The van der Waals surface area contributed by atoms with Crippen LogP contribution in [0.5, 0.6) is 0 Å². The molecule has 0 radical (unpaired) electrons. The molecule has 0 aliphatic carbocycles. The molecule has 0 saturated carbocycles. The molecule has 1 heterocycles. The van der Waals surface area contributed by atoms with Gasteiger partial charge in [0.2, 0.25) is 0 Å². The summed E-state index contributed by atoms with van der Waals surface area (Å²) in [6.07, 6.45) is 0. The average molecular weight is 76.0 g/mol. The predicted molar refractivity (Wildman–Crippen MR) is 17.2 cm³/mol. The summed E-state index contributed by atoms with van der Waals surface area (Å²) in [5, 5.41) is 0. The Kier molecular flexibility index (Phi) is 0.308. The van der Waals surface area contributed by atoms with Crippen molar-refractivity contribution in [3.8, 4) is 0 Å². The SMILES string of the molecule is FP1C=C1. The van der Waals surface area contributed by atoms with Crippen LogP contribution in [0.25, 0.3) is 0 Å². The van der Waals surface area contributed by atoms with E-state index in [9.17, 15) is 4.20 Å². The summed E-state index contributed by atoms with van der Waals surface area (Å²) in [6.45, 7) is 0. The fraction of sp³-hybridized carbons (Fsp3) is 0. The van der Waals surface area contributed by atoms with Crippen LogP contribution in [0, 0.1) is 0 Å². The fourth-order valence-corrected chi connectivity index (χ4v) is 0.227. The molecule has 0 nitrogen and oxygen atoms in total. The van der Waals surface area contributed by atoms with Gasteiger partial charge in [0.15, 0.2) is 0 Å². The maximum atomic E-state index is 11.1. The largest absolute Gasteiger partial charge is 0.218 e. The van der Waals surface area contributed by atoms with E-state index in [0.29, 0.717) is 0 Å². The molecule has 0 saturated heterocycles. The minimum absolute atomic E-state index is 1.12. The number of hydrogen-bond donors (Lipinski definition) is 0. The van der Waals surface area contributed by atoms with E-state index in [1.165, 1.54) is 0 Å². The van der Waals surface area contributed by atoms with Crippen LogP contribution >= 0.6 is 8.23 Å². The van der Waals surface area contributed by atoms with Crippen LogP contribution < -0.4 is 0 Å².